The number of hydrogen-bond acceptors (Lipinski definition) is 4. The first kappa shape index (κ1) is 32.7. The Kier molecular flexibility index (Phi) is 11.8. The van der Waals surface area contributed by atoms with Crippen molar-refractivity contribution in [2.75, 3.05) is 17.1 Å². The minimum atomic E-state index is -3.80. The Morgan fingerprint density at radius 2 is 1.58 bits per heavy atom. The second kappa shape index (κ2) is 15.5. The van der Waals surface area contributed by atoms with Crippen molar-refractivity contribution in [3.8, 4) is 0 Å². The standard InChI is InChI=1S/C33H39BrFN3O4S/c1-43(41,42)38(30-16-9-8-15-29(30)35)22-10-17-32(39)37(24-26-18-20-27(34)21-19-26)31(23-25-11-4-2-5-12-25)33(40)36-28-13-6-3-7-14-28/h2,4-5,8-9,11-12,15-16,18-21,28,31H,3,6-7,10,13-14,17,22-24H2,1H3,(H,36,40)/t31-/m0/s1. The third kappa shape index (κ3) is 9.63. The van der Waals surface area contributed by atoms with E-state index in [4.69, 9.17) is 0 Å². The maximum absolute atomic E-state index is 14.5. The number of anilines is 1. The van der Waals surface area contributed by atoms with Crippen molar-refractivity contribution in [2.24, 2.45) is 0 Å². The summed E-state index contributed by atoms with van der Waals surface area (Å²) >= 11 is 3.46. The molecule has 0 unspecified atom stereocenters. The monoisotopic (exact) mass is 671 g/mol. The lowest BCUT2D eigenvalue weighted by Crippen LogP contribution is -2.52. The number of nitrogens with one attached hydrogen (secondary N) is 1. The highest BCUT2D eigenvalue weighted by atomic mass is 79.9. The van der Waals surface area contributed by atoms with E-state index in [1.54, 1.807) is 11.0 Å². The van der Waals surface area contributed by atoms with Gasteiger partial charge in [-0.05, 0) is 54.7 Å². The molecule has 0 saturated heterocycles. The van der Waals surface area contributed by atoms with Gasteiger partial charge in [0.25, 0.3) is 0 Å². The number of hydrogen-bond donors (Lipinski definition) is 1. The van der Waals surface area contributed by atoms with Crippen LogP contribution in [0.1, 0.15) is 56.1 Å². The Labute approximate surface area is 262 Å². The maximum Gasteiger partial charge on any atom is 0.243 e. The summed E-state index contributed by atoms with van der Waals surface area (Å²) < 4.78 is 41.5. The van der Waals surface area contributed by atoms with Crippen LogP contribution in [0.15, 0.2) is 83.3 Å². The smallest absolute Gasteiger partial charge is 0.243 e. The number of amides is 2. The summed E-state index contributed by atoms with van der Waals surface area (Å²) in [5.74, 6) is -1.12. The molecule has 1 aliphatic rings. The molecule has 3 aromatic carbocycles. The molecule has 0 bridgehead atoms. The highest BCUT2D eigenvalue weighted by Gasteiger charge is 2.32. The number of para-hydroxylation sites is 1. The van der Waals surface area contributed by atoms with Crippen LogP contribution in [0.25, 0.3) is 0 Å². The Hall–Kier alpha value is -3.24. The summed E-state index contributed by atoms with van der Waals surface area (Å²) in [7, 11) is -3.80. The molecule has 1 atom stereocenters. The van der Waals surface area contributed by atoms with Gasteiger partial charge in [0.05, 0.1) is 11.9 Å². The lowest BCUT2D eigenvalue weighted by atomic mass is 9.94. The molecular weight excluding hydrogens is 633 g/mol. The van der Waals surface area contributed by atoms with Crippen LogP contribution in [0.3, 0.4) is 0 Å². The predicted octanol–water partition coefficient (Wildman–Crippen LogP) is 6.22. The first-order valence-corrected chi connectivity index (χ1v) is 17.4. The predicted molar refractivity (Wildman–Crippen MR) is 171 cm³/mol. The molecule has 10 heteroatoms. The summed E-state index contributed by atoms with van der Waals surface area (Å²) in [6.07, 6.45) is 6.62. The van der Waals surface area contributed by atoms with Crippen LogP contribution in [0.2, 0.25) is 0 Å². The third-order valence-electron chi connectivity index (χ3n) is 7.76. The zero-order chi connectivity index (χ0) is 30.8. The van der Waals surface area contributed by atoms with Gasteiger partial charge in [-0.1, -0.05) is 89.8 Å². The van der Waals surface area contributed by atoms with Gasteiger partial charge < -0.3 is 10.2 Å². The van der Waals surface area contributed by atoms with Crippen molar-refractivity contribution in [1.82, 2.24) is 10.2 Å². The molecule has 0 heterocycles. The van der Waals surface area contributed by atoms with Gasteiger partial charge in [0.2, 0.25) is 21.8 Å². The number of nitrogens with zero attached hydrogens (tertiary/aromatic N) is 2. The van der Waals surface area contributed by atoms with Crippen molar-refractivity contribution in [2.45, 2.75) is 70.0 Å². The third-order valence-corrected chi connectivity index (χ3v) is 9.47. The van der Waals surface area contributed by atoms with E-state index in [-0.39, 0.29) is 49.5 Å². The fourth-order valence-electron chi connectivity index (χ4n) is 5.52. The molecule has 7 nitrogen and oxygen atoms in total. The normalized spacial score (nSPS) is 14.6. The van der Waals surface area contributed by atoms with Crippen LogP contribution in [0, 0.1) is 5.82 Å². The molecule has 1 fully saturated rings. The number of halogens is 2. The molecule has 0 aliphatic heterocycles. The molecule has 1 N–H and O–H groups in total. The summed E-state index contributed by atoms with van der Waals surface area (Å²) in [5.41, 5.74) is 1.74. The zero-order valence-electron chi connectivity index (χ0n) is 24.4. The van der Waals surface area contributed by atoms with E-state index < -0.39 is 21.9 Å². The first-order valence-electron chi connectivity index (χ1n) is 14.7. The van der Waals surface area contributed by atoms with Gasteiger partial charge in [0.15, 0.2) is 0 Å². The van der Waals surface area contributed by atoms with E-state index in [0.717, 1.165) is 58.3 Å². The zero-order valence-corrected chi connectivity index (χ0v) is 26.8. The molecular formula is C33H39BrFN3O4S. The number of carbonyl (C=O) groups excluding carboxylic acids is 2. The van der Waals surface area contributed by atoms with Crippen LogP contribution >= 0.6 is 15.9 Å². The van der Waals surface area contributed by atoms with Crippen molar-refractivity contribution in [1.29, 1.82) is 0 Å². The van der Waals surface area contributed by atoms with Gasteiger partial charge in [0, 0.05) is 36.4 Å². The van der Waals surface area contributed by atoms with E-state index in [2.05, 4.69) is 21.2 Å². The van der Waals surface area contributed by atoms with E-state index in [1.165, 1.54) is 18.2 Å². The molecule has 43 heavy (non-hydrogen) atoms. The average molecular weight is 673 g/mol. The Morgan fingerprint density at radius 3 is 2.23 bits per heavy atom. The largest absolute Gasteiger partial charge is 0.352 e. The van der Waals surface area contributed by atoms with Crippen LogP contribution in [0.4, 0.5) is 10.1 Å². The molecule has 0 spiro atoms. The second-order valence-electron chi connectivity index (χ2n) is 11.1. The molecule has 0 radical (unpaired) electrons. The Balaban J connectivity index is 1.59. The quantitative estimate of drug-likeness (QED) is 0.234. The van der Waals surface area contributed by atoms with Gasteiger partial charge in [-0.25, -0.2) is 12.8 Å². The van der Waals surface area contributed by atoms with Crippen molar-refractivity contribution in [3.63, 3.8) is 0 Å². The number of sulfonamides is 1. The van der Waals surface area contributed by atoms with Crippen LogP contribution in [-0.2, 0) is 32.6 Å². The lowest BCUT2D eigenvalue weighted by Gasteiger charge is -2.34. The fourth-order valence-corrected chi connectivity index (χ4v) is 6.75. The SMILES string of the molecule is CS(=O)(=O)N(CCCC(=O)N(Cc1ccc(Br)cc1)[C@@H](Cc1ccccc1)C(=O)NC1CCCCC1)c1ccccc1F. The topological polar surface area (TPSA) is 86.8 Å². The van der Waals surface area contributed by atoms with Crippen molar-refractivity contribution in [3.05, 3.63) is 100 Å². The molecule has 4 rings (SSSR count). The van der Waals surface area contributed by atoms with Crippen molar-refractivity contribution >= 4 is 43.5 Å². The fraction of sp³-hybridized carbons (Fsp3) is 0.394. The summed E-state index contributed by atoms with van der Waals surface area (Å²) in [6, 6.07) is 22.2. The minimum Gasteiger partial charge on any atom is -0.352 e. The van der Waals surface area contributed by atoms with Gasteiger partial charge >= 0.3 is 0 Å². The molecule has 2 amide bonds. The van der Waals surface area contributed by atoms with E-state index in [1.807, 2.05) is 54.6 Å². The van der Waals surface area contributed by atoms with E-state index >= 15 is 0 Å². The number of rotatable bonds is 13. The van der Waals surface area contributed by atoms with Crippen LogP contribution in [0.5, 0.6) is 0 Å². The highest BCUT2D eigenvalue weighted by molar-refractivity contribution is 9.10. The van der Waals surface area contributed by atoms with Crippen molar-refractivity contribution < 1.29 is 22.4 Å². The van der Waals surface area contributed by atoms with E-state index in [0.29, 0.717) is 6.42 Å². The number of benzene rings is 3. The minimum absolute atomic E-state index is 0.0149. The maximum atomic E-state index is 14.5. The van der Waals surface area contributed by atoms with Crippen LogP contribution in [-0.4, -0.2) is 50.0 Å². The van der Waals surface area contributed by atoms with Gasteiger partial charge in [-0.15, -0.1) is 0 Å². The Bertz CT molecular complexity index is 1460. The molecule has 230 valence electrons. The highest BCUT2D eigenvalue weighted by Crippen LogP contribution is 2.24. The van der Waals surface area contributed by atoms with Gasteiger partial charge in [0.1, 0.15) is 11.9 Å². The van der Waals surface area contributed by atoms with Gasteiger partial charge in [-0.3, -0.25) is 13.9 Å². The Morgan fingerprint density at radius 1 is 0.930 bits per heavy atom. The first-order chi connectivity index (χ1) is 20.6. The van der Waals surface area contributed by atoms with E-state index in [9.17, 15) is 22.4 Å². The molecule has 1 saturated carbocycles. The second-order valence-corrected chi connectivity index (χ2v) is 13.9. The lowest BCUT2D eigenvalue weighted by molar-refractivity contribution is -0.141. The summed E-state index contributed by atoms with van der Waals surface area (Å²) in [5, 5.41) is 3.22. The number of carbonyl (C=O) groups is 2. The molecule has 3 aromatic rings. The molecule has 0 aromatic heterocycles. The average Bonchev–Trinajstić information content (AvgIpc) is 2.99. The summed E-state index contributed by atoms with van der Waals surface area (Å²) in [6.45, 7) is 0.139. The molecule has 1 aliphatic carbocycles. The van der Waals surface area contributed by atoms with Crippen LogP contribution < -0.4 is 9.62 Å². The van der Waals surface area contributed by atoms with Gasteiger partial charge in [-0.2, -0.15) is 0 Å². The summed E-state index contributed by atoms with van der Waals surface area (Å²) in [4.78, 5) is 29.5.